The van der Waals surface area contributed by atoms with Crippen LogP contribution >= 0.6 is 11.8 Å². The van der Waals surface area contributed by atoms with Crippen LogP contribution < -0.4 is 10.1 Å². The van der Waals surface area contributed by atoms with Gasteiger partial charge < -0.3 is 19.9 Å². The number of β-lactam (4-membered cyclic amide) rings is 1. The molecule has 1 aromatic rings. The largest absolute Gasteiger partial charge is 0.477 e. The minimum absolute atomic E-state index is 0.121. The number of benzene rings is 1. The number of aliphatic carboxylic acids is 1. The summed E-state index contributed by atoms with van der Waals surface area (Å²) in [6.07, 6.45) is -0.121. The lowest BCUT2D eigenvalue weighted by Crippen LogP contribution is -2.70. The van der Waals surface area contributed by atoms with Crippen molar-refractivity contribution in [1.82, 2.24) is 10.2 Å². The lowest BCUT2D eigenvalue weighted by Gasteiger charge is -2.49. The van der Waals surface area contributed by atoms with Crippen molar-refractivity contribution in [3.63, 3.8) is 0 Å². The highest BCUT2D eigenvalue weighted by Gasteiger charge is 2.54. The van der Waals surface area contributed by atoms with Crippen LogP contribution in [0.4, 0.5) is 0 Å². The SMILES string of the molecule is CC(=O)OCC1=C(C(=O)O)N2C(=O)C(NC(=O)Cc3ccccc3OC(C)=O)[C@H]2SC1. The molecule has 1 unspecified atom stereocenters. The van der Waals surface area contributed by atoms with Crippen molar-refractivity contribution in [2.75, 3.05) is 12.4 Å². The number of hydrogen-bond acceptors (Lipinski definition) is 8. The topological polar surface area (TPSA) is 139 Å². The molecule has 3 rings (SSSR count). The van der Waals surface area contributed by atoms with Gasteiger partial charge >= 0.3 is 17.9 Å². The summed E-state index contributed by atoms with van der Waals surface area (Å²) in [5.74, 6) is -2.91. The fraction of sp³-hybridized carbons (Fsp3) is 0.350. The van der Waals surface area contributed by atoms with E-state index in [2.05, 4.69) is 5.32 Å². The number of para-hydroxylation sites is 1. The maximum atomic E-state index is 12.6. The van der Waals surface area contributed by atoms with Crippen LogP contribution in [0.3, 0.4) is 0 Å². The van der Waals surface area contributed by atoms with E-state index < -0.39 is 41.1 Å². The molecule has 2 aliphatic rings. The maximum Gasteiger partial charge on any atom is 0.352 e. The molecule has 1 aromatic carbocycles. The molecule has 2 aliphatic heterocycles. The second-order valence-corrected chi connectivity index (χ2v) is 7.98. The fourth-order valence-corrected chi connectivity index (χ4v) is 4.61. The predicted molar refractivity (Wildman–Crippen MR) is 108 cm³/mol. The van der Waals surface area contributed by atoms with Crippen molar-refractivity contribution in [3.05, 3.63) is 41.1 Å². The summed E-state index contributed by atoms with van der Waals surface area (Å²) in [5.41, 5.74) is 0.572. The van der Waals surface area contributed by atoms with E-state index in [1.54, 1.807) is 24.3 Å². The molecule has 0 bridgehead atoms. The van der Waals surface area contributed by atoms with Crippen LogP contribution in [-0.2, 0) is 35.1 Å². The summed E-state index contributed by atoms with van der Waals surface area (Å²) < 4.78 is 9.97. The molecule has 11 heteroatoms. The van der Waals surface area contributed by atoms with Crippen LogP contribution in [0, 0.1) is 0 Å². The van der Waals surface area contributed by atoms with Gasteiger partial charge in [0, 0.05) is 30.7 Å². The van der Waals surface area contributed by atoms with Gasteiger partial charge in [-0.3, -0.25) is 24.1 Å². The average molecular weight is 448 g/mol. The summed E-state index contributed by atoms with van der Waals surface area (Å²) in [7, 11) is 0. The molecule has 1 saturated heterocycles. The first kappa shape index (κ1) is 22.3. The lowest BCUT2D eigenvalue weighted by molar-refractivity contribution is -0.151. The Kier molecular flexibility index (Phi) is 6.64. The molecule has 31 heavy (non-hydrogen) atoms. The van der Waals surface area contributed by atoms with Gasteiger partial charge in [-0.25, -0.2) is 4.79 Å². The zero-order valence-electron chi connectivity index (χ0n) is 16.7. The number of carboxylic acid groups (broad SMARTS) is 1. The van der Waals surface area contributed by atoms with E-state index in [1.165, 1.54) is 25.6 Å². The third kappa shape index (κ3) is 4.88. The molecule has 0 aliphatic carbocycles. The fourth-order valence-electron chi connectivity index (χ4n) is 3.28. The molecule has 0 radical (unpaired) electrons. The first-order chi connectivity index (χ1) is 14.7. The van der Waals surface area contributed by atoms with E-state index >= 15 is 0 Å². The molecular formula is C20H20N2O8S. The second kappa shape index (κ2) is 9.21. The number of hydrogen-bond donors (Lipinski definition) is 2. The monoisotopic (exact) mass is 448 g/mol. The van der Waals surface area contributed by atoms with Crippen LogP contribution in [-0.4, -0.2) is 63.5 Å². The molecule has 2 amide bonds. The molecule has 0 spiro atoms. The number of carbonyl (C=O) groups is 5. The van der Waals surface area contributed by atoms with Gasteiger partial charge in [0.25, 0.3) is 5.91 Å². The van der Waals surface area contributed by atoms with Crippen molar-refractivity contribution >= 4 is 41.5 Å². The van der Waals surface area contributed by atoms with Crippen LogP contribution in [0.1, 0.15) is 19.4 Å². The highest BCUT2D eigenvalue weighted by Crippen LogP contribution is 2.40. The predicted octanol–water partition coefficient (Wildman–Crippen LogP) is 0.456. The van der Waals surface area contributed by atoms with Crippen molar-refractivity contribution in [2.24, 2.45) is 0 Å². The Labute approximate surface area is 181 Å². The van der Waals surface area contributed by atoms with Gasteiger partial charge in [0.05, 0.1) is 6.42 Å². The Morgan fingerprint density at radius 2 is 1.90 bits per heavy atom. The number of nitrogens with zero attached hydrogens (tertiary/aromatic N) is 1. The summed E-state index contributed by atoms with van der Waals surface area (Å²) >= 11 is 1.27. The van der Waals surface area contributed by atoms with E-state index in [1.807, 2.05) is 0 Å². The molecule has 164 valence electrons. The number of thioether (sulfide) groups is 1. The number of rotatable bonds is 7. The summed E-state index contributed by atoms with van der Waals surface area (Å²) in [5, 5.41) is 11.6. The third-order valence-corrected chi connectivity index (χ3v) is 5.93. The highest BCUT2D eigenvalue weighted by molar-refractivity contribution is 8.00. The highest BCUT2D eigenvalue weighted by atomic mass is 32.2. The van der Waals surface area contributed by atoms with Crippen LogP contribution in [0.5, 0.6) is 5.75 Å². The van der Waals surface area contributed by atoms with Gasteiger partial charge in [0.2, 0.25) is 5.91 Å². The molecule has 2 atom stereocenters. The standard InChI is InChI=1S/C20H20N2O8S/c1-10(23)29-8-13-9-31-19-16(18(26)22(19)17(13)20(27)28)21-15(25)7-12-5-3-4-6-14(12)30-11(2)24/h3-6,16,19H,7-9H2,1-2H3,(H,21,25)(H,27,28)/t16?,19-/m1/s1. The summed E-state index contributed by atoms with van der Waals surface area (Å²) in [6, 6.07) is 5.67. The number of amides is 2. The molecule has 2 heterocycles. The van der Waals surface area contributed by atoms with Crippen molar-refractivity contribution in [3.8, 4) is 5.75 Å². The van der Waals surface area contributed by atoms with E-state index in [9.17, 15) is 29.1 Å². The van der Waals surface area contributed by atoms with E-state index in [0.29, 0.717) is 11.1 Å². The smallest absolute Gasteiger partial charge is 0.352 e. The van der Waals surface area contributed by atoms with Crippen LogP contribution in [0.25, 0.3) is 0 Å². The zero-order valence-corrected chi connectivity index (χ0v) is 17.6. The van der Waals surface area contributed by atoms with Crippen LogP contribution in [0.15, 0.2) is 35.5 Å². The molecule has 0 saturated carbocycles. The molecule has 2 N–H and O–H groups in total. The Hall–Kier alpha value is -3.34. The average Bonchev–Trinajstić information content (AvgIpc) is 2.70. The number of carbonyl (C=O) groups excluding carboxylic acids is 4. The van der Waals surface area contributed by atoms with Gasteiger partial charge in [0.15, 0.2) is 0 Å². The molecule has 0 aromatic heterocycles. The first-order valence-corrected chi connectivity index (χ1v) is 10.3. The van der Waals surface area contributed by atoms with E-state index in [-0.39, 0.29) is 30.2 Å². The van der Waals surface area contributed by atoms with E-state index in [0.717, 1.165) is 4.90 Å². The van der Waals surface area contributed by atoms with Gasteiger partial charge in [-0.05, 0) is 6.07 Å². The first-order valence-electron chi connectivity index (χ1n) is 9.28. The van der Waals surface area contributed by atoms with Crippen LogP contribution in [0.2, 0.25) is 0 Å². The lowest BCUT2D eigenvalue weighted by atomic mass is 10.0. The number of carboxylic acids is 1. The Morgan fingerprint density at radius 1 is 1.19 bits per heavy atom. The van der Waals surface area contributed by atoms with Crippen molar-refractivity contribution < 1.29 is 38.6 Å². The van der Waals surface area contributed by atoms with E-state index in [4.69, 9.17) is 9.47 Å². The Morgan fingerprint density at radius 3 is 2.55 bits per heavy atom. The number of esters is 2. The van der Waals surface area contributed by atoms with Gasteiger partial charge in [0.1, 0.15) is 29.5 Å². The zero-order chi connectivity index (χ0) is 22.7. The Bertz CT molecular complexity index is 989. The van der Waals surface area contributed by atoms with Gasteiger partial charge in [-0.2, -0.15) is 0 Å². The van der Waals surface area contributed by atoms with Gasteiger partial charge in [-0.1, -0.05) is 18.2 Å². The number of nitrogens with one attached hydrogen (secondary N) is 1. The molecule has 1 fully saturated rings. The quantitative estimate of drug-likeness (QED) is 0.346. The van der Waals surface area contributed by atoms with Gasteiger partial charge in [-0.15, -0.1) is 11.8 Å². The van der Waals surface area contributed by atoms with Crippen molar-refractivity contribution in [2.45, 2.75) is 31.7 Å². The van der Waals surface area contributed by atoms with Crippen molar-refractivity contribution in [1.29, 1.82) is 0 Å². The summed E-state index contributed by atoms with van der Waals surface area (Å²) in [6.45, 7) is 2.24. The minimum Gasteiger partial charge on any atom is -0.477 e. The normalized spacial score (nSPS) is 19.8. The molecule has 10 nitrogen and oxygen atoms in total. The second-order valence-electron chi connectivity index (χ2n) is 6.87. The molecular weight excluding hydrogens is 428 g/mol. The maximum absolute atomic E-state index is 12.6. The number of ether oxygens (including phenoxy) is 2. The third-order valence-electron chi connectivity index (χ3n) is 4.59. The number of fused-ring (bicyclic) bond motifs is 1. The summed E-state index contributed by atoms with van der Waals surface area (Å²) in [4.78, 5) is 60.2. The minimum atomic E-state index is -1.30. The Balaban J connectivity index is 1.69.